The lowest BCUT2D eigenvalue weighted by Gasteiger charge is -2.05. The smallest absolute Gasteiger partial charge is 0.145 e. The van der Waals surface area contributed by atoms with Crippen LogP contribution >= 0.6 is 0 Å². The Balaban J connectivity index is 2.84. The highest BCUT2D eigenvalue weighted by molar-refractivity contribution is 5.94. The van der Waals surface area contributed by atoms with E-state index in [2.05, 4.69) is 4.98 Å². The predicted molar refractivity (Wildman–Crippen MR) is 52.7 cm³/mol. The zero-order chi connectivity index (χ0) is 9.26. The molecule has 1 heterocycles. The van der Waals surface area contributed by atoms with Crippen LogP contribution in [0.25, 0.3) is 10.9 Å². The molecule has 0 atom stereocenters. The Hall–Kier alpha value is -1.77. The van der Waals surface area contributed by atoms with Gasteiger partial charge < -0.3 is 10.5 Å². The van der Waals surface area contributed by atoms with Crippen LogP contribution in [0.1, 0.15) is 0 Å². The second-order valence-electron chi connectivity index (χ2n) is 2.76. The molecular formula is C10H10N2O. The minimum atomic E-state index is 0.726. The molecule has 0 aliphatic rings. The summed E-state index contributed by atoms with van der Waals surface area (Å²) in [5.74, 6) is 0.754. The summed E-state index contributed by atoms with van der Waals surface area (Å²) in [6.45, 7) is 0. The van der Waals surface area contributed by atoms with Gasteiger partial charge in [-0.15, -0.1) is 0 Å². The van der Waals surface area contributed by atoms with Crippen LogP contribution in [0.3, 0.4) is 0 Å². The fraction of sp³-hybridized carbons (Fsp3) is 0.100. The molecule has 3 heteroatoms. The molecule has 2 rings (SSSR count). The van der Waals surface area contributed by atoms with Gasteiger partial charge in [0, 0.05) is 17.3 Å². The van der Waals surface area contributed by atoms with Crippen molar-refractivity contribution >= 4 is 16.6 Å². The van der Waals surface area contributed by atoms with Crippen LogP contribution < -0.4 is 10.5 Å². The normalized spacial score (nSPS) is 10.2. The first-order valence-corrected chi connectivity index (χ1v) is 4.00. The highest BCUT2D eigenvalue weighted by Gasteiger charge is 2.03. The summed E-state index contributed by atoms with van der Waals surface area (Å²) >= 11 is 0. The van der Waals surface area contributed by atoms with Crippen molar-refractivity contribution in [3.05, 3.63) is 30.5 Å². The van der Waals surface area contributed by atoms with Crippen LogP contribution in [0.2, 0.25) is 0 Å². The first kappa shape index (κ1) is 7.86. The van der Waals surface area contributed by atoms with Crippen LogP contribution in [0.5, 0.6) is 5.75 Å². The van der Waals surface area contributed by atoms with Crippen molar-refractivity contribution < 1.29 is 4.74 Å². The van der Waals surface area contributed by atoms with Gasteiger partial charge >= 0.3 is 0 Å². The van der Waals surface area contributed by atoms with E-state index in [0.717, 1.165) is 22.3 Å². The summed E-state index contributed by atoms with van der Waals surface area (Å²) in [5, 5.41) is 0.932. The lowest BCUT2D eigenvalue weighted by molar-refractivity contribution is 0.419. The molecule has 0 radical (unpaired) electrons. The highest BCUT2D eigenvalue weighted by atomic mass is 16.5. The molecule has 66 valence electrons. The summed E-state index contributed by atoms with van der Waals surface area (Å²) < 4.78 is 5.16. The maximum atomic E-state index is 5.78. The van der Waals surface area contributed by atoms with Gasteiger partial charge in [0.05, 0.1) is 7.11 Å². The number of anilines is 1. The van der Waals surface area contributed by atoms with Crippen LogP contribution in [0.15, 0.2) is 30.5 Å². The van der Waals surface area contributed by atoms with Crippen molar-refractivity contribution in [3.8, 4) is 5.75 Å². The first-order valence-electron chi connectivity index (χ1n) is 4.00. The highest BCUT2D eigenvalue weighted by Crippen LogP contribution is 2.27. The molecule has 1 aromatic carbocycles. The van der Waals surface area contributed by atoms with E-state index in [4.69, 9.17) is 10.5 Å². The minimum Gasteiger partial charge on any atom is -0.494 e. The van der Waals surface area contributed by atoms with Crippen LogP contribution in [0.4, 0.5) is 5.69 Å². The molecule has 3 nitrogen and oxygen atoms in total. The summed E-state index contributed by atoms with van der Waals surface area (Å²) in [6, 6.07) is 7.44. The van der Waals surface area contributed by atoms with E-state index >= 15 is 0 Å². The van der Waals surface area contributed by atoms with Gasteiger partial charge in [0.2, 0.25) is 0 Å². The van der Waals surface area contributed by atoms with Crippen molar-refractivity contribution in [2.24, 2.45) is 0 Å². The molecular weight excluding hydrogens is 164 g/mol. The Morgan fingerprint density at radius 2 is 2.15 bits per heavy atom. The number of fused-ring (bicyclic) bond motifs is 1. The third-order valence-corrected chi connectivity index (χ3v) is 1.99. The van der Waals surface area contributed by atoms with Gasteiger partial charge in [-0.25, -0.2) is 0 Å². The van der Waals surface area contributed by atoms with E-state index < -0.39 is 0 Å². The van der Waals surface area contributed by atoms with Crippen molar-refractivity contribution in [2.75, 3.05) is 12.8 Å². The van der Waals surface area contributed by atoms with E-state index in [9.17, 15) is 0 Å². The molecule has 0 aliphatic carbocycles. The Morgan fingerprint density at radius 3 is 2.92 bits per heavy atom. The lowest BCUT2D eigenvalue weighted by atomic mass is 10.2. The molecule has 0 bridgehead atoms. The SMILES string of the molecule is COc1ccc(N)c2cccnc12. The number of methoxy groups -OCH3 is 1. The average Bonchev–Trinajstić information content (AvgIpc) is 2.19. The minimum absolute atomic E-state index is 0.726. The van der Waals surface area contributed by atoms with Gasteiger partial charge in [-0.1, -0.05) is 0 Å². The number of nitrogens with two attached hydrogens (primary N) is 1. The Bertz CT molecular complexity index is 440. The Morgan fingerprint density at radius 1 is 1.31 bits per heavy atom. The zero-order valence-corrected chi connectivity index (χ0v) is 7.32. The monoisotopic (exact) mass is 174 g/mol. The second-order valence-corrected chi connectivity index (χ2v) is 2.76. The Kier molecular flexibility index (Phi) is 1.77. The van der Waals surface area contributed by atoms with Crippen molar-refractivity contribution in [3.63, 3.8) is 0 Å². The number of nitrogens with zero attached hydrogens (tertiary/aromatic N) is 1. The van der Waals surface area contributed by atoms with E-state index in [1.807, 2.05) is 24.3 Å². The standard InChI is InChI=1S/C10H10N2O/c1-13-9-5-4-8(11)7-3-2-6-12-10(7)9/h2-6H,11H2,1H3. The third kappa shape index (κ3) is 1.18. The summed E-state index contributed by atoms with van der Waals surface area (Å²) in [5.41, 5.74) is 7.32. The third-order valence-electron chi connectivity index (χ3n) is 1.99. The molecule has 0 aliphatic heterocycles. The summed E-state index contributed by atoms with van der Waals surface area (Å²) in [7, 11) is 1.62. The molecule has 13 heavy (non-hydrogen) atoms. The number of aromatic nitrogens is 1. The summed E-state index contributed by atoms with van der Waals surface area (Å²) in [6.07, 6.45) is 1.73. The van der Waals surface area contributed by atoms with Crippen LogP contribution in [-0.2, 0) is 0 Å². The van der Waals surface area contributed by atoms with Gasteiger partial charge in [0.15, 0.2) is 0 Å². The van der Waals surface area contributed by atoms with Gasteiger partial charge in [-0.2, -0.15) is 0 Å². The van der Waals surface area contributed by atoms with Crippen molar-refractivity contribution in [2.45, 2.75) is 0 Å². The van der Waals surface area contributed by atoms with Gasteiger partial charge in [0.1, 0.15) is 11.3 Å². The Labute approximate surface area is 76.2 Å². The molecule has 1 aromatic heterocycles. The van der Waals surface area contributed by atoms with Gasteiger partial charge in [-0.05, 0) is 24.3 Å². The largest absolute Gasteiger partial charge is 0.494 e. The summed E-state index contributed by atoms with van der Waals surface area (Å²) in [4.78, 5) is 4.21. The molecule has 2 aromatic rings. The molecule has 0 amide bonds. The van der Waals surface area contributed by atoms with Gasteiger partial charge in [0.25, 0.3) is 0 Å². The number of benzene rings is 1. The van der Waals surface area contributed by atoms with E-state index in [-0.39, 0.29) is 0 Å². The van der Waals surface area contributed by atoms with Crippen molar-refractivity contribution in [1.29, 1.82) is 0 Å². The maximum Gasteiger partial charge on any atom is 0.145 e. The number of ether oxygens (including phenoxy) is 1. The van der Waals surface area contributed by atoms with Crippen molar-refractivity contribution in [1.82, 2.24) is 4.98 Å². The fourth-order valence-corrected chi connectivity index (χ4v) is 1.33. The number of hydrogen-bond donors (Lipinski definition) is 1. The fourth-order valence-electron chi connectivity index (χ4n) is 1.33. The molecule has 2 N–H and O–H groups in total. The topological polar surface area (TPSA) is 48.1 Å². The first-order chi connectivity index (χ1) is 6.33. The molecule has 0 fully saturated rings. The molecule has 0 saturated carbocycles. The molecule has 0 spiro atoms. The lowest BCUT2D eigenvalue weighted by Crippen LogP contribution is -1.91. The average molecular weight is 174 g/mol. The van der Waals surface area contributed by atoms with E-state index in [1.54, 1.807) is 13.3 Å². The van der Waals surface area contributed by atoms with E-state index in [1.165, 1.54) is 0 Å². The van der Waals surface area contributed by atoms with Crippen LogP contribution in [0, 0.1) is 0 Å². The number of rotatable bonds is 1. The quantitative estimate of drug-likeness (QED) is 0.671. The van der Waals surface area contributed by atoms with Gasteiger partial charge in [-0.3, -0.25) is 4.98 Å². The van der Waals surface area contributed by atoms with Crippen LogP contribution in [-0.4, -0.2) is 12.1 Å². The molecule has 0 unspecified atom stereocenters. The zero-order valence-electron chi connectivity index (χ0n) is 7.32. The number of hydrogen-bond acceptors (Lipinski definition) is 3. The van der Waals surface area contributed by atoms with E-state index in [0.29, 0.717) is 0 Å². The number of nitrogen functional groups attached to an aromatic ring is 1. The second kappa shape index (κ2) is 2.94. The number of pyridine rings is 1. The predicted octanol–water partition coefficient (Wildman–Crippen LogP) is 1.83. The molecule has 0 saturated heterocycles. The maximum absolute atomic E-state index is 5.78.